The molecular formula is C13H18N2O4. The number of carbonyl (C=O) groups excluding carboxylic acids is 1. The van der Waals surface area contributed by atoms with Gasteiger partial charge in [-0.2, -0.15) is 0 Å². The summed E-state index contributed by atoms with van der Waals surface area (Å²) in [5, 5.41) is 9.69. The van der Waals surface area contributed by atoms with Gasteiger partial charge in [0.15, 0.2) is 0 Å². The Labute approximate surface area is 111 Å². The number of amides is 1. The van der Waals surface area contributed by atoms with Crippen LogP contribution in [0.15, 0.2) is 10.9 Å². The van der Waals surface area contributed by atoms with Gasteiger partial charge in [-0.25, -0.2) is 4.79 Å². The molecule has 0 bridgehead atoms. The van der Waals surface area contributed by atoms with Crippen LogP contribution in [0.5, 0.6) is 5.75 Å². The van der Waals surface area contributed by atoms with Crippen LogP contribution >= 0.6 is 0 Å². The predicted molar refractivity (Wildman–Crippen MR) is 69.1 cm³/mol. The lowest BCUT2D eigenvalue weighted by atomic mass is 10.0. The molecule has 104 valence electrons. The summed E-state index contributed by atoms with van der Waals surface area (Å²) >= 11 is 0. The highest BCUT2D eigenvalue weighted by Crippen LogP contribution is 2.24. The van der Waals surface area contributed by atoms with Crippen molar-refractivity contribution in [3.63, 3.8) is 0 Å². The van der Waals surface area contributed by atoms with Crippen LogP contribution in [0.3, 0.4) is 0 Å². The number of rotatable bonds is 0. The summed E-state index contributed by atoms with van der Waals surface area (Å²) < 4.78 is 5.29. The molecule has 1 aliphatic heterocycles. The Bertz CT molecular complexity index is 557. The van der Waals surface area contributed by atoms with E-state index in [1.54, 1.807) is 20.8 Å². The van der Waals surface area contributed by atoms with Crippen LogP contribution in [0.25, 0.3) is 0 Å². The molecule has 0 atom stereocenters. The van der Waals surface area contributed by atoms with Gasteiger partial charge in [-0.1, -0.05) is 0 Å². The lowest BCUT2D eigenvalue weighted by Crippen LogP contribution is -2.40. The molecule has 0 aromatic carbocycles. The molecular weight excluding hydrogens is 248 g/mol. The largest absolute Gasteiger partial charge is 0.507 e. The summed E-state index contributed by atoms with van der Waals surface area (Å²) in [5.41, 5.74) is 0.340. The highest BCUT2D eigenvalue weighted by molar-refractivity contribution is 5.68. The van der Waals surface area contributed by atoms with E-state index in [9.17, 15) is 14.7 Å². The Balaban J connectivity index is 2.18. The summed E-state index contributed by atoms with van der Waals surface area (Å²) in [4.78, 5) is 27.4. The van der Waals surface area contributed by atoms with Crippen molar-refractivity contribution in [3.05, 3.63) is 27.7 Å². The van der Waals surface area contributed by atoms with Gasteiger partial charge < -0.3 is 19.7 Å². The molecule has 0 unspecified atom stereocenters. The van der Waals surface area contributed by atoms with Crippen molar-refractivity contribution in [1.82, 2.24) is 9.88 Å². The van der Waals surface area contributed by atoms with Crippen molar-refractivity contribution < 1.29 is 14.6 Å². The first-order chi connectivity index (χ1) is 8.76. The fourth-order valence-corrected chi connectivity index (χ4v) is 2.04. The number of pyridine rings is 1. The smallest absolute Gasteiger partial charge is 0.410 e. The van der Waals surface area contributed by atoms with Crippen molar-refractivity contribution in [1.29, 1.82) is 0 Å². The van der Waals surface area contributed by atoms with Gasteiger partial charge in [0.1, 0.15) is 11.4 Å². The Hall–Kier alpha value is -1.98. The zero-order valence-corrected chi connectivity index (χ0v) is 11.3. The first-order valence-electron chi connectivity index (χ1n) is 6.18. The molecule has 1 aromatic rings. The third kappa shape index (κ3) is 3.07. The minimum absolute atomic E-state index is 0.0115. The van der Waals surface area contributed by atoms with Gasteiger partial charge >= 0.3 is 6.09 Å². The molecule has 2 N–H and O–H groups in total. The maximum atomic E-state index is 11.9. The number of aromatic nitrogens is 1. The van der Waals surface area contributed by atoms with Gasteiger partial charge in [0.25, 0.3) is 5.56 Å². The quantitative estimate of drug-likeness (QED) is 0.743. The van der Waals surface area contributed by atoms with Crippen LogP contribution in [0.2, 0.25) is 0 Å². The van der Waals surface area contributed by atoms with Crippen molar-refractivity contribution in [2.45, 2.75) is 39.3 Å². The second-order valence-electron chi connectivity index (χ2n) is 5.63. The van der Waals surface area contributed by atoms with Gasteiger partial charge in [-0.15, -0.1) is 0 Å². The molecule has 0 radical (unpaired) electrons. The lowest BCUT2D eigenvalue weighted by Gasteiger charge is -2.31. The highest BCUT2D eigenvalue weighted by atomic mass is 16.6. The van der Waals surface area contributed by atoms with E-state index >= 15 is 0 Å². The summed E-state index contributed by atoms with van der Waals surface area (Å²) in [5.74, 6) is -0.0115. The van der Waals surface area contributed by atoms with Gasteiger partial charge in [0, 0.05) is 23.9 Å². The molecule has 6 heteroatoms. The van der Waals surface area contributed by atoms with E-state index in [-0.39, 0.29) is 17.9 Å². The van der Waals surface area contributed by atoms with E-state index in [4.69, 9.17) is 4.74 Å². The van der Waals surface area contributed by atoms with Crippen molar-refractivity contribution >= 4 is 6.09 Å². The van der Waals surface area contributed by atoms with Gasteiger partial charge in [-0.3, -0.25) is 4.79 Å². The minimum Gasteiger partial charge on any atom is -0.507 e. The van der Waals surface area contributed by atoms with E-state index in [1.165, 1.54) is 4.90 Å². The molecule has 2 heterocycles. The van der Waals surface area contributed by atoms with Crippen molar-refractivity contribution in [2.75, 3.05) is 6.54 Å². The van der Waals surface area contributed by atoms with E-state index in [0.29, 0.717) is 24.2 Å². The molecule has 1 aliphatic rings. The molecule has 0 saturated heterocycles. The van der Waals surface area contributed by atoms with Crippen molar-refractivity contribution in [2.24, 2.45) is 0 Å². The number of hydrogen-bond donors (Lipinski definition) is 2. The Morgan fingerprint density at radius 2 is 2.16 bits per heavy atom. The average Bonchev–Trinajstić information content (AvgIpc) is 2.25. The second kappa shape index (κ2) is 4.60. The maximum Gasteiger partial charge on any atom is 0.410 e. The van der Waals surface area contributed by atoms with E-state index in [1.807, 2.05) is 0 Å². The van der Waals surface area contributed by atoms with Crippen LogP contribution in [-0.4, -0.2) is 33.2 Å². The number of hydrogen-bond acceptors (Lipinski definition) is 4. The number of nitrogens with zero attached hydrogens (tertiary/aromatic N) is 1. The third-order valence-electron chi connectivity index (χ3n) is 2.85. The van der Waals surface area contributed by atoms with E-state index < -0.39 is 11.7 Å². The van der Waals surface area contributed by atoms with Gasteiger partial charge in [-0.05, 0) is 27.2 Å². The average molecular weight is 266 g/mol. The lowest BCUT2D eigenvalue weighted by molar-refractivity contribution is 0.0219. The van der Waals surface area contributed by atoms with Gasteiger partial charge in [0.2, 0.25) is 0 Å². The topological polar surface area (TPSA) is 82.6 Å². The molecule has 0 aliphatic carbocycles. The van der Waals surface area contributed by atoms with Gasteiger partial charge in [0.05, 0.1) is 6.54 Å². The van der Waals surface area contributed by atoms with E-state index in [0.717, 1.165) is 6.07 Å². The highest BCUT2D eigenvalue weighted by Gasteiger charge is 2.27. The first kappa shape index (κ1) is 13.5. The number of H-pyrrole nitrogens is 1. The summed E-state index contributed by atoms with van der Waals surface area (Å²) in [6.07, 6.45) is 0.0827. The monoisotopic (exact) mass is 266 g/mol. The third-order valence-corrected chi connectivity index (χ3v) is 2.85. The molecule has 1 amide bonds. The maximum absolute atomic E-state index is 11.9. The zero-order chi connectivity index (χ0) is 14.2. The molecule has 0 spiro atoms. The molecule has 6 nitrogen and oxygen atoms in total. The summed E-state index contributed by atoms with van der Waals surface area (Å²) in [6, 6.07) is 1.15. The number of aromatic hydroxyl groups is 1. The number of aromatic amines is 1. The summed E-state index contributed by atoms with van der Waals surface area (Å²) in [7, 11) is 0. The molecule has 2 rings (SSSR count). The number of ether oxygens (including phenoxy) is 1. The zero-order valence-electron chi connectivity index (χ0n) is 11.3. The normalized spacial score (nSPS) is 15.0. The van der Waals surface area contributed by atoms with Crippen LogP contribution in [-0.2, 0) is 17.7 Å². The fourth-order valence-electron chi connectivity index (χ4n) is 2.04. The van der Waals surface area contributed by atoms with Crippen molar-refractivity contribution in [3.8, 4) is 5.75 Å². The Morgan fingerprint density at radius 3 is 2.79 bits per heavy atom. The van der Waals surface area contributed by atoms with Crippen LogP contribution in [0.1, 0.15) is 32.0 Å². The second-order valence-corrected chi connectivity index (χ2v) is 5.63. The molecule has 0 saturated carbocycles. The van der Waals surface area contributed by atoms with E-state index in [2.05, 4.69) is 4.98 Å². The first-order valence-corrected chi connectivity index (χ1v) is 6.18. The molecule has 19 heavy (non-hydrogen) atoms. The number of fused-ring (bicyclic) bond motifs is 1. The summed E-state index contributed by atoms with van der Waals surface area (Å²) in [6.45, 7) is 6.11. The Kier molecular flexibility index (Phi) is 3.26. The standard InChI is InChI=1S/C13H18N2O4/c1-13(2,3)19-12(18)15-5-4-8-9(7-15)14-11(17)6-10(8)16/h6H,4-5,7H2,1-3H3,(H2,14,16,17). The molecule has 1 aromatic heterocycles. The predicted octanol–water partition coefficient (Wildman–Crippen LogP) is 1.37. The van der Waals surface area contributed by atoms with Crippen LogP contribution in [0.4, 0.5) is 4.79 Å². The number of nitrogens with one attached hydrogen (secondary N) is 1. The molecule has 0 fully saturated rings. The SMILES string of the molecule is CC(C)(C)OC(=O)N1CCc2c(O)cc(=O)[nH]c2C1. The fraction of sp³-hybridized carbons (Fsp3) is 0.538. The number of carbonyl (C=O) groups is 1. The van der Waals surface area contributed by atoms with Crippen LogP contribution in [0, 0.1) is 0 Å². The minimum atomic E-state index is -0.552. The Morgan fingerprint density at radius 1 is 1.47 bits per heavy atom. The van der Waals surface area contributed by atoms with Crippen LogP contribution < -0.4 is 5.56 Å².